The second-order valence-electron chi connectivity index (χ2n) is 6.50. The van der Waals surface area contributed by atoms with Gasteiger partial charge < -0.3 is 10.6 Å². The zero-order chi connectivity index (χ0) is 18.6. The van der Waals surface area contributed by atoms with Gasteiger partial charge in [-0.25, -0.2) is 5.01 Å². The normalized spacial score (nSPS) is 22.0. The van der Waals surface area contributed by atoms with Crippen molar-refractivity contribution >= 4 is 33.8 Å². The zero-order valence-corrected chi connectivity index (χ0v) is 16.3. The highest BCUT2D eigenvalue weighted by Crippen LogP contribution is 2.23. The number of nitrogens with zero attached hydrogens (tertiary/aromatic N) is 3. The molecule has 2 aliphatic heterocycles. The number of hydrazone groups is 1. The molecular weight excluding hydrogens is 374 g/mol. The van der Waals surface area contributed by atoms with Crippen LogP contribution in [0.25, 0.3) is 0 Å². The molecule has 1 saturated heterocycles. The number of hydrogen-bond donors (Lipinski definition) is 2. The Labute approximate surface area is 159 Å². The molecule has 3 rings (SSSR count). The van der Waals surface area contributed by atoms with Gasteiger partial charge in [-0.3, -0.25) is 0 Å². The average Bonchev–Trinajstić information content (AvgIpc) is 3.11. The van der Waals surface area contributed by atoms with Gasteiger partial charge >= 0.3 is 0 Å². The number of hydrogen-bond acceptors (Lipinski definition) is 4. The van der Waals surface area contributed by atoms with Gasteiger partial charge in [0.05, 0.1) is 11.6 Å². The monoisotopic (exact) mass is 397 g/mol. The van der Waals surface area contributed by atoms with Crippen LogP contribution in [-0.2, 0) is 10.0 Å². The van der Waals surface area contributed by atoms with Gasteiger partial charge in [0.25, 0.3) is 10.0 Å². The summed E-state index contributed by atoms with van der Waals surface area (Å²) >= 11 is 6.07. The quantitative estimate of drug-likeness (QED) is 0.600. The number of halogens is 1. The van der Waals surface area contributed by atoms with Crippen LogP contribution in [-0.4, -0.2) is 51.3 Å². The molecule has 0 saturated carbocycles. The number of benzene rings is 1. The van der Waals surface area contributed by atoms with E-state index in [2.05, 4.69) is 27.1 Å². The largest absolute Gasteiger partial charge is 0.351 e. The van der Waals surface area contributed by atoms with Gasteiger partial charge in [-0.2, -0.15) is 13.5 Å². The first-order valence-corrected chi connectivity index (χ1v) is 10.7. The lowest BCUT2D eigenvalue weighted by Crippen LogP contribution is -2.48. The Kier molecular flexibility index (Phi) is 6.16. The molecule has 2 aliphatic rings. The molecule has 1 aromatic carbocycles. The van der Waals surface area contributed by atoms with E-state index in [1.165, 1.54) is 6.07 Å². The molecule has 0 aromatic heterocycles. The SMILES string of the molecule is CCC1C=NN(/C(=N/S(=O)(=O)c2ccccc2Cl)NC2CCNCC2)C1. The van der Waals surface area contributed by atoms with Crippen molar-refractivity contribution in [2.45, 2.75) is 37.1 Å². The topological polar surface area (TPSA) is 86.2 Å². The van der Waals surface area contributed by atoms with Gasteiger partial charge in [0.2, 0.25) is 5.96 Å². The summed E-state index contributed by atoms with van der Waals surface area (Å²) in [6.45, 7) is 4.48. The highest BCUT2D eigenvalue weighted by molar-refractivity contribution is 7.90. The Bertz CT molecular complexity index is 790. The second-order valence-corrected chi connectivity index (χ2v) is 8.48. The fourth-order valence-corrected chi connectivity index (χ4v) is 4.45. The van der Waals surface area contributed by atoms with Crippen molar-refractivity contribution in [3.63, 3.8) is 0 Å². The van der Waals surface area contributed by atoms with Crippen LogP contribution in [0.2, 0.25) is 5.02 Å². The predicted molar refractivity (Wildman–Crippen MR) is 104 cm³/mol. The van der Waals surface area contributed by atoms with Gasteiger partial charge in [-0.1, -0.05) is 30.7 Å². The van der Waals surface area contributed by atoms with Crippen LogP contribution in [0.3, 0.4) is 0 Å². The maximum atomic E-state index is 12.8. The zero-order valence-electron chi connectivity index (χ0n) is 14.7. The Morgan fingerprint density at radius 1 is 1.38 bits per heavy atom. The van der Waals surface area contributed by atoms with E-state index in [4.69, 9.17) is 11.6 Å². The summed E-state index contributed by atoms with van der Waals surface area (Å²) in [6, 6.07) is 6.49. The molecule has 7 nitrogen and oxygen atoms in total. The van der Waals surface area contributed by atoms with Gasteiger partial charge in [-0.05, 0) is 44.5 Å². The first kappa shape index (κ1) is 19.1. The van der Waals surface area contributed by atoms with Crippen LogP contribution in [0.5, 0.6) is 0 Å². The summed E-state index contributed by atoms with van der Waals surface area (Å²) in [5.41, 5.74) is 0. The maximum absolute atomic E-state index is 12.8. The van der Waals surface area contributed by atoms with Crippen LogP contribution < -0.4 is 10.6 Å². The molecule has 2 heterocycles. The van der Waals surface area contributed by atoms with Crippen LogP contribution in [0.15, 0.2) is 38.7 Å². The van der Waals surface area contributed by atoms with Crippen LogP contribution in [0.1, 0.15) is 26.2 Å². The fraction of sp³-hybridized carbons (Fsp3) is 0.529. The third kappa shape index (κ3) is 4.55. The van der Waals surface area contributed by atoms with Crippen LogP contribution in [0, 0.1) is 5.92 Å². The molecule has 0 amide bonds. The summed E-state index contributed by atoms with van der Waals surface area (Å²) in [5, 5.41) is 12.7. The molecule has 1 aromatic rings. The standard InChI is InChI=1S/C17H24ClN5O2S/c1-2-13-11-20-23(12-13)17(21-14-7-9-19-10-8-14)22-26(24,25)16-6-4-3-5-15(16)18/h3-6,11,13-14,19H,2,7-10,12H2,1H3,(H,21,22). The summed E-state index contributed by atoms with van der Waals surface area (Å²) in [4.78, 5) is 0.00138. The van der Waals surface area contributed by atoms with Crippen LogP contribution >= 0.6 is 11.6 Å². The smallest absolute Gasteiger partial charge is 0.287 e. The first-order chi connectivity index (χ1) is 12.5. The molecule has 0 spiro atoms. The Balaban J connectivity index is 1.90. The molecular formula is C17H24ClN5O2S. The van der Waals surface area contributed by atoms with E-state index in [-0.39, 0.29) is 27.8 Å². The maximum Gasteiger partial charge on any atom is 0.287 e. The molecule has 2 N–H and O–H groups in total. The van der Waals surface area contributed by atoms with Crippen molar-refractivity contribution in [3.05, 3.63) is 29.3 Å². The molecule has 0 bridgehead atoms. The van der Waals surface area contributed by atoms with Gasteiger partial charge in [0, 0.05) is 18.2 Å². The minimum Gasteiger partial charge on any atom is -0.351 e. The molecule has 26 heavy (non-hydrogen) atoms. The highest BCUT2D eigenvalue weighted by Gasteiger charge is 2.26. The van der Waals surface area contributed by atoms with Crippen molar-refractivity contribution in [2.75, 3.05) is 19.6 Å². The average molecular weight is 398 g/mol. The van der Waals surface area contributed by atoms with Crippen molar-refractivity contribution in [2.24, 2.45) is 15.4 Å². The summed E-state index contributed by atoms with van der Waals surface area (Å²) in [7, 11) is -3.94. The third-order valence-electron chi connectivity index (χ3n) is 4.59. The molecule has 142 valence electrons. The summed E-state index contributed by atoms with van der Waals surface area (Å²) in [5.74, 6) is 0.557. The minimum atomic E-state index is -3.94. The molecule has 9 heteroatoms. The van der Waals surface area contributed by atoms with Gasteiger partial charge in [-0.15, -0.1) is 4.40 Å². The number of rotatable bonds is 4. The highest BCUT2D eigenvalue weighted by atomic mass is 35.5. The van der Waals surface area contributed by atoms with Crippen molar-refractivity contribution < 1.29 is 8.42 Å². The molecule has 0 radical (unpaired) electrons. The lowest BCUT2D eigenvalue weighted by atomic mass is 10.1. The molecule has 0 aliphatic carbocycles. The Hall–Kier alpha value is -1.64. The fourth-order valence-electron chi connectivity index (χ4n) is 2.98. The Morgan fingerprint density at radius 3 is 2.77 bits per heavy atom. The van der Waals surface area contributed by atoms with E-state index in [1.807, 2.05) is 6.21 Å². The van der Waals surface area contributed by atoms with E-state index in [0.29, 0.717) is 6.54 Å². The number of sulfonamides is 1. The third-order valence-corrected chi connectivity index (χ3v) is 6.35. The first-order valence-electron chi connectivity index (χ1n) is 8.88. The second kappa shape index (κ2) is 8.37. The summed E-state index contributed by atoms with van der Waals surface area (Å²) in [6.07, 6.45) is 4.60. The van der Waals surface area contributed by atoms with Crippen molar-refractivity contribution in [1.82, 2.24) is 15.6 Å². The van der Waals surface area contributed by atoms with E-state index in [1.54, 1.807) is 23.2 Å². The van der Waals surface area contributed by atoms with Gasteiger partial charge in [0.1, 0.15) is 4.90 Å². The lowest BCUT2D eigenvalue weighted by molar-refractivity contribution is 0.383. The minimum absolute atomic E-state index is 0.00138. The van der Waals surface area contributed by atoms with Gasteiger partial charge in [0.15, 0.2) is 0 Å². The van der Waals surface area contributed by atoms with E-state index in [9.17, 15) is 8.42 Å². The predicted octanol–water partition coefficient (Wildman–Crippen LogP) is 2.05. The van der Waals surface area contributed by atoms with Crippen LogP contribution in [0.4, 0.5) is 0 Å². The number of guanidine groups is 1. The Morgan fingerprint density at radius 2 is 2.12 bits per heavy atom. The van der Waals surface area contributed by atoms with E-state index >= 15 is 0 Å². The number of piperidine rings is 1. The molecule has 1 fully saturated rings. The van der Waals surface area contributed by atoms with E-state index < -0.39 is 10.0 Å². The van der Waals surface area contributed by atoms with E-state index in [0.717, 1.165) is 32.4 Å². The van der Waals surface area contributed by atoms with Crippen molar-refractivity contribution in [1.29, 1.82) is 0 Å². The van der Waals surface area contributed by atoms with Crippen molar-refractivity contribution in [3.8, 4) is 0 Å². The lowest BCUT2D eigenvalue weighted by Gasteiger charge is -2.28. The summed E-state index contributed by atoms with van der Waals surface area (Å²) < 4.78 is 29.7. The molecule has 1 atom stereocenters. The number of nitrogens with one attached hydrogen (secondary N) is 2. The molecule has 1 unspecified atom stereocenters.